The Morgan fingerprint density at radius 1 is 1.26 bits per heavy atom. The summed E-state index contributed by atoms with van der Waals surface area (Å²) in [6, 6.07) is 6.82. The summed E-state index contributed by atoms with van der Waals surface area (Å²) in [5, 5.41) is 3.52. The molecule has 1 heterocycles. The molecule has 0 aliphatic heterocycles. The van der Waals surface area contributed by atoms with Gasteiger partial charge in [-0.25, -0.2) is 18.1 Å². The topological polar surface area (TPSA) is 59.1 Å². The zero-order valence-corrected chi connectivity index (χ0v) is 13.3. The number of aromatic nitrogens is 1. The van der Waals surface area contributed by atoms with Gasteiger partial charge in [-0.3, -0.25) is 0 Å². The highest BCUT2D eigenvalue weighted by atomic mass is 79.9. The van der Waals surface area contributed by atoms with Crippen LogP contribution in [0.2, 0.25) is 0 Å². The van der Waals surface area contributed by atoms with E-state index in [4.69, 9.17) is 0 Å². The Morgan fingerprint density at radius 2 is 2.00 bits per heavy atom. The number of nitrogens with one attached hydrogen (secondary N) is 1. The molecule has 4 nitrogen and oxygen atoms in total. The van der Waals surface area contributed by atoms with Gasteiger partial charge in [-0.2, -0.15) is 0 Å². The molecular formula is C12H13BrN2O2S2. The second kappa shape index (κ2) is 6.60. The van der Waals surface area contributed by atoms with Crippen molar-refractivity contribution in [3.63, 3.8) is 0 Å². The van der Waals surface area contributed by atoms with Crippen molar-refractivity contribution in [2.24, 2.45) is 0 Å². The van der Waals surface area contributed by atoms with Gasteiger partial charge >= 0.3 is 0 Å². The first-order valence-corrected chi connectivity index (χ1v) is 9.13. The number of benzene rings is 1. The van der Waals surface area contributed by atoms with Crippen LogP contribution < -0.4 is 4.72 Å². The summed E-state index contributed by atoms with van der Waals surface area (Å²) in [7, 11) is -3.43. The Balaban J connectivity index is 1.97. The first-order chi connectivity index (χ1) is 9.12. The van der Waals surface area contributed by atoms with Crippen LogP contribution in [0.15, 0.2) is 40.7 Å². The molecule has 1 aromatic heterocycles. The summed E-state index contributed by atoms with van der Waals surface area (Å²) in [5.41, 5.74) is 1.04. The van der Waals surface area contributed by atoms with Crippen molar-refractivity contribution < 1.29 is 8.42 Å². The molecule has 1 N–H and O–H groups in total. The van der Waals surface area contributed by atoms with Gasteiger partial charge in [0.2, 0.25) is 10.0 Å². The SMILES string of the molecule is O=S(=O)(NCCc1nccs1)c1ccc(CBr)cc1. The van der Waals surface area contributed by atoms with Gasteiger partial charge in [0.05, 0.1) is 9.90 Å². The molecule has 0 spiro atoms. The molecule has 1 aromatic carbocycles. The molecule has 0 bridgehead atoms. The van der Waals surface area contributed by atoms with Crippen LogP contribution in [0.4, 0.5) is 0 Å². The zero-order valence-electron chi connectivity index (χ0n) is 10.0. The van der Waals surface area contributed by atoms with Crippen LogP contribution in [-0.4, -0.2) is 19.9 Å². The quantitative estimate of drug-likeness (QED) is 0.805. The zero-order chi connectivity index (χ0) is 13.7. The molecule has 2 rings (SSSR count). The molecular weight excluding hydrogens is 348 g/mol. The predicted octanol–water partition coefficient (Wildman–Crippen LogP) is 2.56. The Hall–Kier alpha value is -0.760. The van der Waals surface area contributed by atoms with Crippen LogP contribution in [0.1, 0.15) is 10.6 Å². The van der Waals surface area contributed by atoms with Gasteiger partial charge in [-0.1, -0.05) is 28.1 Å². The highest BCUT2D eigenvalue weighted by molar-refractivity contribution is 9.08. The normalized spacial score (nSPS) is 11.6. The molecule has 0 aliphatic rings. The Bertz CT molecular complexity index is 610. The molecule has 0 amide bonds. The van der Waals surface area contributed by atoms with E-state index in [1.165, 1.54) is 11.3 Å². The van der Waals surface area contributed by atoms with Crippen molar-refractivity contribution in [1.29, 1.82) is 0 Å². The number of sulfonamides is 1. The van der Waals surface area contributed by atoms with Crippen molar-refractivity contribution in [3.05, 3.63) is 46.4 Å². The molecule has 0 atom stereocenters. The summed E-state index contributed by atoms with van der Waals surface area (Å²) >= 11 is 4.85. The van der Waals surface area contributed by atoms with E-state index in [0.717, 1.165) is 10.6 Å². The van der Waals surface area contributed by atoms with Gasteiger partial charge in [0.25, 0.3) is 0 Å². The van der Waals surface area contributed by atoms with Crippen LogP contribution in [0, 0.1) is 0 Å². The second-order valence-electron chi connectivity index (χ2n) is 3.85. The Morgan fingerprint density at radius 3 is 2.58 bits per heavy atom. The average molecular weight is 361 g/mol. The number of rotatable bonds is 6. The van der Waals surface area contributed by atoms with Crippen LogP contribution in [0.5, 0.6) is 0 Å². The Kier molecular flexibility index (Phi) is 5.09. The number of halogens is 1. The highest BCUT2D eigenvalue weighted by Gasteiger charge is 2.13. The lowest BCUT2D eigenvalue weighted by molar-refractivity contribution is 0.581. The summed E-state index contributed by atoms with van der Waals surface area (Å²) in [6.45, 7) is 0.357. The molecule has 0 aliphatic carbocycles. The average Bonchev–Trinajstić information content (AvgIpc) is 2.92. The van der Waals surface area contributed by atoms with Crippen molar-refractivity contribution in [3.8, 4) is 0 Å². The fourth-order valence-corrected chi connectivity index (χ4v) is 3.54. The van der Waals surface area contributed by atoms with Crippen LogP contribution in [-0.2, 0) is 21.8 Å². The maximum atomic E-state index is 12.0. The van der Waals surface area contributed by atoms with Gasteiger partial charge in [0.15, 0.2) is 0 Å². The van der Waals surface area contributed by atoms with E-state index in [1.807, 2.05) is 5.38 Å². The first-order valence-electron chi connectivity index (χ1n) is 5.65. The molecule has 2 aromatic rings. The fourth-order valence-electron chi connectivity index (χ4n) is 1.51. The summed E-state index contributed by atoms with van der Waals surface area (Å²) in [5.74, 6) is 0. The van der Waals surface area contributed by atoms with Crippen molar-refractivity contribution >= 4 is 37.3 Å². The lowest BCUT2D eigenvalue weighted by Gasteiger charge is -2.06. The second-order valence-corrected chi connectivity index (χ2v) is 7.16. The van der Waals surface area contributed by atoms with Crippen molar-refractivity contribution in [2.75, 3.05) is 6.54 Å². The smallest absolute Gasteiger partial charge is 0.240 e. The van der Waals surface area contributed by atoms with Gasteiger partial charge in [-0.05, 0) is 17.7 Å². The summed E-state index contributed by atoms with van der Waals surface area (Å²) < 4.78 is 26.6. The van der Waals surface area contributed by atoms with Gasteiger partial charge < -0.3 is 0 Å². The lowest BCUT2D eigenvalue weighted by Crippen LogP contribution is -2.25. The summed E-state index contributed by atoms with van der Waals surface area (Å²) in [4.78, 5) is 4.40. The third-order valence-corrected chi connectivity index (χ3v) is 5.47. The minimum absolute atomic E-state index is 0.288. The number of hydrogen-bond donors (Lipinski definition) is 1. The maximum absolute atomic E-state index is 12.0. The van der Waals surface area contributed by atoms with E-state index in [-0.39, 0.29) is 4.90 Å². The molecule has 102 valence electrons. The molecule has 0 unspecified atom stereocenters. The number of hydrogen-bond acceptors (Lipinski definition) is 4. The highest BCUT2D eigenvalue weighted by Crippen LogP contribution is 2.12. The third kappa shape index (κ3) is 4.10. The standard InChI is InChI=1S/C12H13BrN2O2S2/c13-9-10-1-3-11(4-2-10)19(16,17)15-6-5-12-14-7-8-18-12/h1-4,7-8,15H,5-6,9H2. The van der Waals surface area contributed by atoms with Gasteiger partial charge in [0.1, 0.15) is 0 Å². The minimum atomic E-state index is -3.43. The molecule has 0 saturated heterocycles. The Labute approximate surface area is 125 Å². The monoisotopic (exact) mass is 360 g/mol. The predicted molar refractivity (Wildman–Crippen MR) is 80.1 cm³/mol. The largest absolute Gasteiger partial charge is 0.250 e. The van der Waals surface area contributed by atoms with Crippen molar-refractivity contribution in [1.82, 2.24) is 9.71 Å². The van der Waals surface area contributed by atoms with E-state index >= 15 is 0 Å². The third-order valence-electron chi connectivity index (χ3n) is 2.50. The van der Waals surface area contributed by atoms with E-state index in [0.29, 0.717) is 18.3 Å². The lowest BCUT2D eigenvalue weighted by atomic mass is 10.2. The number of thiazole rings is 1. The molecule has 0 radical (unpaired) electrons. The molecule has 7 heteroatoms. The minimum Gasteiger partial charge on any atom is -0.250 e. The van der Waals surface area contributed by atoms with Crippen molar-refractivity contribution in [2.45, 2.75) is 16.6 Å². The first kappa shape index (κ1) is 14.6. The number of nitrogens with zero attached hydrogens (tertiary/aromatic N) is 1. The molecule has 19 heavy (non-hydrogen) atoms. The van der Waals surface area contributed by atoms with Gasteiger partial charge in [-0.15, -0.1) is 11.3 Å². The van der Waals surface area contributed by atoms with E-state index in [9.17, 15) is 8.42 Å². The van der Waals surface area contributed by atoms with Gasteiger partial charge in [0, 0.05) is 29.9 Å². The van der Waals surface area contributed by atoms with E-state index in [2.05, 4.69) is 25.6 Å². The number of alkyl halides is 1. The van der Waals surface area contributed by atoms with Crippen LogP contribution in [0.3, 0.4) is 0 Å². The maximum Gasteiger partial charge on any atom is 0.240 e. The van der Waals surface area contributed by atoms with Crippen LogP contribution in [0.25, 0.3) is 0 Å². The fraction of sp³-hybridized carbons (Fsp3) is 0.250. The molecule has 0 saturated carbocycles. The van der Waals surface area contributed by atoms with E-state index < -0.39 is 10.0 Å². The van der Waals surface area contributed by atoms with Crippen LogP contribution >= 0.6 is 27.3 Å². The summed E-state index contributed by atoms with van der Waals surface area (Å²) in [6.07, 6.45) is 2.32. The van der Waals surface area contributed by atoms with E-state index in [1.54, 1.807) is 30.5 Å². The molecule has 0 fully saturated rings.